The van der Waals surface area contributed by atoms with E-state index in [0.29, 0.717) is 17.7 Å². The van der Waals surface area contributed by atoms with Gasteiger partial charge in [0.15, 0.2) is 0 Å². The largest absolute Gasteiger partial charge is 0.465 e. The molecule has 4 heterocycles. The summed E-state index contributed by atoms with van der Waals surface area (Å²) >= 11 is 0. The Bertz CT molecular complexity index is 431. The SMILES string of the molecule is O=C(C=Cc1ccco1)NC1CN2CCC1CC2. The minimum Gasteiger partial charge on any atom is -0.465 e. The highest BCUT2D eigenvalue weighted by Crippen LogP contribution is 2.27. The molecule has 1 amide bonds. The van der Waals surface area contributed by atoms with E-state index in [2.05, 4.69) is 10.2 Å². The first kappa shape index (κ1) is 11.5. The number of hydrogen-bond donors (Lipinski definition) is 1. The van der Waals surface area contributed by atoms with Gasteiger partial charge in [-0.1, -0.05) is 0 Å². The molecule has 3 fully saturated rings. The van der Waals surface area contributed by atoms with E-state index < -0.39 is 0 Å². The molecule has 0 saturated carbocycles. The van der Waals surface area contributed by atoms with Crippen molar-refractivity contribution >= 4 is 12.0 Å². The zero-order chi connectivity index (χ0) is 12.4. The number of rotatable bonds is 3. The first-order chi connectivity index (χ1) is 8.81. The summed E-state index contributed by atoms with van der Waals surface area (Å²) in [5, 5.41) is 3.10. The second kappa shape index (κ2) is 4.98. The van der Waals surface area contributed by atoms with Gasteiger partial charge in [-0.15, -0.1) is 0 Å². The molecule has 3 saturated heterocycles. The van der Waals surface area contributed by atoms with Crippen molar-refractivity contribution in [2.75, 3.05) is 19.6 Å². The molecule has 1 aromatic heterocycles. The lowest BCUT2D eigenvalue weighted by atomic mass is 9.84. The number of furan rings is 1. The van der Waals surface area contributed by atoms with E-state index in [-0.39, 0.29) is 5.91 Å². The maximum Gasteiger partial charge on any atom is 0.244 e. The molecule has 18 heavy (non-hydrogen) atoms. The molecule has 0 aromatic carbocycles. The van der Waals surface area contributed by atoms with Crippen LogP contribution >= 0.6 is 0 Å². The van der Waals surface area contributed by atoms with Crippen LogP contribution in [-0.4, -0.2) is 36.5 Å². The van der Waals surface area contributed by atoms with Gasteiger partial charge in [-0.2, -0.15) is 0 Å². The van der Waals surface area contributed by atoms with Crippen LogP contribution in [0.5, 0.6) is 0 Å². The molecule has 4 heteroatoms. The van der Waals surface area contributed by atoms with E-state index in [1.165, 1.54) is 25.9 Å². The lowest BCUT2D eigenvalue weighted by Crippen LogP contribution is -2.57. The Balaban J connectivity index is 1.55. The summed E-state index contributed by atoms with van der Waals surface area (Å²) in [5.74, 6) is 1.35. The van der Waals surface area contributed by atoms with E-state index in [9.17, 15) is 4.79 Å². The van der Waals surface area contributed by atoms with Crippen molar-refractivity contribution < 1.29 is 9.21 Å². The van der Waals surface area contributed by atoms with Crippen molar-refractivity contribution in [2.24, 2.45) is 5.92 Å². The molecule has 0 radical (unpaired) electrons. The first-order valence-corrected chi connectivity index (χ1v) is 6.56. The van der Waals surface area contributed by atoms with Crippen molar-refractivity contribution in [3.05, 3.63) is 30.2 Å². The standard InChI is InChI=1S/C14H18N2O2/c17-14(4-3-12-2-1-9-18-12)15-13-10-16-7-5-11(13)6-8-16/h1-4,9,11,13H,5-8,10H2,(H,15,17). The topological polar surface area (TPSA) is 45.5 Å². The van der Waals surface area contributed by atoms with Crippen LogP contribution in [0, 0.1) is 5.92 Å². The third-order valence-corrected chi connectivity index (χ3v) is 3.93. The summed E-state index contributed by atoms with van der Waals surface area (Å²) in [6.07, 6.45) is 7.29. The highest BCUT2D eigenvalue weighted by Gasteiger charge is 2.34. The number of nitrogens with zero attached hydrogens (tertiary/aromatic N) is 1. The predicted octanol–water partition coefficient (Wildman–Crippen LogP) is 1.50. The van der Waals surface area contributed by atoms with Crippen LogP contribution in [0.2, 0.25) is 0 Å². The van der Waals surface area contributed by atoms with E-state index in [4.69, 9.17) is 4.42 Å². The van der Waals surface area contributed by atoms with Gasteiger partial charge < -0.3 is 14.6 Å². The van der Waals surface area contributed by atoms with Crippen molar-refractivity contribution in [3.63, 3.8) is 0 Å². The van der Waals surface area contributed by atoms with Gasteiger partial charge in [0.2, 0.25) is 5.91 Å². The number of hydrogen-bond acceptors (Lipinski definition) is 3. The molecule has 1 atom stereocenters. The second-order valence-corrected chi connectivity index (χ2v) is 5.10. The van der Waals surface area contributed by atoms with Crippen LogP contribution in [0.25, 0.3) is 6.08 Å². The minimum atomic E-state index is -0.0230. The maximum absolute atomic E-state index is 11.8. The number of carbonyl (C=O) groups is 1. The van der Waals surface area contributed by atoms with E-state index in [1.54, 1.807) is 18.4 Å². The Morgan fingerprint density at radius 2 is 2.28 bits per heavy atom. The number of piperidine rings is 3. The average Bonchev–Trinajstić information content (AvgIpc) is 2.91. The molecule has 4 nitrogen and oxygen atoms in total. The molecule has 1 N–H and O–H groups in total. The van der Waals surface area contributed by atoms with Crippen molar-refractivity contribution in [2.45, 2.75) is 18.9 Å². The molecular weight excluding hydrogens is 228 g/mol. The Kier molecular flexibility index (Phi) is 3.19. The Morgan fingerprint density at radius 1 is 1.44 bits per heavy atom. The van der Waals surface area contributed by atoms with Crippen LogP contribution in [0.4, 0.5) is 0 Å². The van der Waals surface area contributed by atoms with Gasteiger partial charge in [0.25, 0.3) is 0 Å². The van der Waals surface area contributed by atoms with Crippen molar-refractivity contribution in [3.8, 4) is 0 Å². The van der Waals surface area contributed by atoms with E-state index in [0.717, 1.165) is 6.54 Å². The molecule has 0 spiro atoms. The summed E-state index contributed by atoms with van der Waals surface area (Å²) in [6, 6.07) is 3.96. The summed E-state index contributed by atoms with van der Waals surface area (Å²) in [4.78, 5) is 14.3. The van der Waals surface area contributed by atoms with Crippen LogP contribution in [-0.2, 0) is 4.79 Å². The fourth-order valence-electron chi connectivity index (χ4n) is 2.90. The lowest BCUT2D eigenvalue weighted by molar-refractivity contribution is -0.118. The van der Waals surface area contributed by atoms with Crippen molar-refractivity contribution in [1.82, 2.24) is 10.2 Å². The number of nitrogens with one attached hydrogen (secondary N) is 1. The number of fused-ring (bicyclic) bond motifs is 3. The second-order valence-electron chi connectivity index (χ2n) is 5.10. The lowest BCUT2D eigenvalue weighted by Gasteiger charge is -2.44. The fraction of sp³-hybridized carbons (Fsp3) is 0.500. The van der Waals surface area contributed by atoms with Gasteiger partial charge in [-0.05, 0) is 50.1 Å². The van der Waals surface area contributed by atoms with E-state index in [1.807, 2.05) is 12.1 Å². The molecule has 3 aliphatic heterocycles. The molecule has 96 valence electrons. The quantitative estimate of drug-likeness (QED) is 0.822. The summed E-state index contributed by atoms with van der Waals surface area (Å²) < 4.78 is 5.15. The summed E-state index contributed by atoms with van der Waals surface area (Å²) in [6.45, 7) is 3.39. The Hall–Kier alpha value is -1.55. The smallest absolute Gasteiger partial charge is 0.244 e. The highest BCUT2D eigenvalue weighted by atomic mass is 16.3. The third kappa shape index (κ3) is 2.48. The zero-order valence-electron chi connectivity index (χ0n) is 10.3. The fourth-order valence-corrected chi connectivity index (χ4v) is 2.90. The van der Waals surface area contributed by atoms with E-state index >= 15 is 0 Å². The average molecular weight is 246 g/mol. The van der Waals surface area contributed by atoms with Crippen LogP contribution in [0.3, 0.4) is 0 Å². The van der Waals surface area contributed by atoms with Gasteiger partial charge >= 0.3 is 0 Å². The monoisotopic (exact) mass is 246 g/mol. The zero-order valence-corrected chi connectivity index (χ0v) is 10.3. The van der Waals surface area contributed by atoms with Gasteiger partial charge in [0.1, 0.15) is 5.76 Å². The molecule has 3 aliphatic rings. The molecule has 1 unspecified atom stereocenters. The molecule has 2 bridgehead atoms. The minimum absolute atomic E-state index is 0.0230. The number of carbonyl (C=O) groups excluding carboxylic acids is 1. The van der Waals surface area contributed by atoms with Gasteiger partial charge in [0.05, 0.1) is 6.26 Å². The molecule has 4 rings (SSSR count). The maximum atomic E-state index is 11.8. The first-order valence-electron chi connectivity index (χ1n) is 6.56. The van der Waals surface area contributed by atoms with Crippen molar-refractivity contribution in [1.29, 1.82) is 0 Å². The summed E-state index contributed by atoms with van der Waals surface area (Å²) in [7, 11) is 0. The third-order valence-electron chi connectivity index (χ3n) is 3.93. The van der Waals surface area contributed by atoms with Gasteiger partial charge in [-0.25, -0.2) is 0 Å². The normalized spacial score (nSPS) is 30.8. The van der Waals surface area contributed by atoms with Crippen LogP contribution in [0.1, 0.15) is 18.6 Å². The van der Waals surface area contributed by atoms with Gasteiger partial charge in [0, 0.05) is 18.7 Å². The molecule has 0 aliphatic carbocycles. The Morgan fingerprint density at radius 3 is 2.89 bits per heavy atom. The number of amides is 1. The van der Waals surface area contributed by atoms with Crippen LogP contribution < -0.4 is 5.32 Å². The Labute approximate surface area is 107 Å². The molecule has 1 aromatic rings. The summed E-state index contributed by atoms with van der Waals surface area (Å²) in [5.41, 5.74) is 0. The van der Waals surface area contributed by atoms with Crippen LogP contribution in [0.15, 0.2) is 28.9 Å². The molecular formula is C14H18N2O2. The predicted molar refractivity (Wildman–Crippen MR) is 68.8 cm³/mol. The highest BCUT2D eigenvalue weighted by molar-refractivity contribution is 5.91. The van der Waals surface area contributed by atoms with Gasteiger partial charge in [-0.3, -0.25) is 4.79 Å².